The van der Waals surface area contributed by atoms with Crippen LogP contribution >= 0.6 is 15.9 Å². The highest BCUT2D eigenvalue weighted by atomic mass is 79.9. The number of sulfonamides is 1. The molecule has 0 unspecified atom stereocenters. The second-order valence-corrected chi connectivity index (χ2v) is 10.0. The van der Waals surface area contributed by atoms with Crippen molar-refractivity contribution in [1.82, 2.24) is 0 Å². The summed E-state index contributed by atoms with van der Waals surface area (Å²) in [6, 6.07) is 18.8. The minimum atomic E-state index is -4.08. The number of amides is 1. The first kappa shape index (κ1) is 26.2. The molecule has 35 heavy (non-hydrogen) atoms. The van der Waals surface area contributed by atoms with E-state index in [2.05, 4.69) is 21.2 Å². The summed E-state index contributed by atoms with van der Waals surface area (Å²) in [5.74, 6) is -0.518. The normalized spacial score (nSPS) is 10.9. The lowest BCUT2D eigenvalue weighted by Gasteiger charge is -2.24. The minimum absolute atomic E-state index is 0.0340. The van der Waals surface area contributed by atoms with Crippen LogP contribution in [0.15, 0.2) is 82.2 Å². The number of nitrogens with zero attached hydrogens (tertiary/aromatic N) is 1. The van der Waals surface area contributed by atoms with Crippen LogP contribution in [0.4, 0.5) is 11.4 Å². The molecule has 0 aliphatic carbocycles. The predicted octanol–water partition coefficient (Wildman–Crippen LogP) is 4.86. The second kappa shape index (κ2) is 11.9. The maximum absolute atomic E-state index is 13.5. The Hall–Kier alpha value is -3.37. The summed E-state index contributed by atoms with van der Waals surface area (Å²) >= 11 is 3.30. The molecule has 0 fully saturated rings. The van der Waals surface area contributed by atoms with E-state index in [0.29, 0.717) is 23.7 Å². The fraction of sp³-hybridized carbons (Fsp3) is 0.200. The van der Waals surface area contributed by atoms with Crippen molar-refractivity contribution >= 4 is 49.2 Å². The van der Waals surface area contributed by atoms with Crippen LogP contribution in [0.5, 0.6) is 5.75 Å². The average Bonchev–Trinajstić information content (AvgIpc) is 2.84. The van der Waals surface area contributed by atoms with Crippen molar-refractivity contribution in [3.8, 4) is 5.75 Å². The van der Waals surface area contributed by atoms with E-state index in [1.807, 2.05) is 6.92 Å². The van der Waals surface area contributed by atoms with E-state index >= 15 is 0 Å². The fourth-order valence-corrected chi connectivity index (χ4v) is 4.88. The highest BCUT2D eigenvalue weighted by Crippen LogP contribution is 2.27. The van der Waals surface area contributed by atoms with Gasteiger partial charge in [-0.3, -0.25) is 9.10 Å². The molecule has 0 heterocycles. The van der Waals surface area contributed by atoms with E-state index in [1.165, 1.54) is 18.2 Å². The summed E-state index contributed by atoms with van der Waals surface area (Å²) in [6.07, 6.45) is 0. The highest BCUT2D eigenvalue weighted by Gasteiger charge is 2.27. The van der Waals surface area contributed by atoms with Crippen LogP contribution in [0.2, 0.25) is 0 Å². The van der Waals surface area contributed by atoms with Gasteiger partial charge in [0.05, 0.1) is 29.4 Å². The molecule has 0 spiro atoms. The number of benzene rings is 3. The van der Waals surface area contributed by atoms with Gasteiger partial charge in [-0.15, -0.1) is 0 Å². The van der Waals surface area contributed by atoms with Gasteiger partial charge in [-0.05, 0) is 80.6 Å². The summed E-state index contributed by atoms with van der Waals surface area (Å²) < 4.78 is 39.2. The first-order chi connectivity index (χ1) is 16.7. The Labute approximate surface area is 213 Å². The molecule has 3 aromatic rings. The Morgan fingerprint density at radius 1 is 0.943 bits per heavy atom. The lowest BCUT2D eigenvalue weighted by molar-refractivity contribution is -0.114. The number of nitrogens with one attached hydrogen (secondary N) is 1. The van der Waals surface area contributed by atoms with E-state index in [9.17, 15) is 18.0 Å². The third-order valence-electron chi connectivity index (χ3n) is 4.78. The molecule has 8 nitrogen and oxygen atoms in total. The molecule has 0 saturated carbocycles. The van der Waals surface area contributed by atoms with Gasteiger partial charge >= 0.3 is 5.97 Å². The summed E-state index contributed by atoms with van der Waals surface area (Å²) in [5, 5.41) is 2.66. The topological polar surface area (TPSA) is 102 Å². The number of halogens is 1. The molecular formula is C25H25BrN2O6S. The summed E-state index contributed by atoms with van der Waals surface area (Å²) in [6.45, 7) is 3.74. The van der Waals surface area contributed by atoms with Gasteiger partial charge in [-0.1, -0.05) is 22.0 Å². The van der Waals surface area contributed by atoms with Crippen molar-refractivity contribution in [2.75, 3.05) is 29.4 Å². The molecule has 1 amide bonds. The van der Waals surface area contributed by atoms with Crippen molar-refractivity contribution in [2.24, 2.45) is 0 Å². The van der Waals surface area contributed by atoms with Crippen molar-refractivity contribution in [1.29, 1.82) is 0 Å². The quantitative estimate of drug-likeness (QED) is 0.355. The lowest BCUT2D eigenvalue weighted by atomic mass is 10.2. The fourth-order valence-electron chi connectivity index (χ4n) is 3.19. The van der Waals surface area contributed by atoms with Gasteiger partial charge in [-0.2, -0.15) is 0 Å². The molecule has 0 radical (unpaired) electrons. The summed E-state index contributed by atoms with van der Waals surface area (Å²) in [5.41, 5.74) is 0.913. The first-order valence-corrected chi connectivity index (χ1v) is 13.1. The minimum Gasteiger partial charge on any atom is -0.494 e. The van der Waals surface area contributed by atoms with Crippen LogP contribution in [0.25, 0.3) is 0 Å². The SMILES string of the molecule is CCOC(=O)c1cccc(NC(=O)CN(c2ccc(OCC)cc2)S(=O)(=O)c2ccc(Br)cc2)c1. The lowest BCUT2D eigenvalue weighted by Crippen LogP contribution is -2.38. The van der Waals surface area contributed by atoms with Crippen LogP contribution < -0.4 is 14.4 Å². The number of carbonyl (C=O) groups is 2. The van der Waals surface area contributed by atoms with Crippen LogP contribution in [-0.2, 0) is 19.6 Å². The van der Waals surface area contributed by atoms with Crippen LogP contribution in [0.1, 0.15) is 24.2 Å². The maximum atomic E-state index is 13.5. The number of esters is 1. The number of hydrogen-bond acceptors (Lipinski definition) is 6. The van der Waals surface area contributed by atoms with E-state index in [-0.39, 0.29) is 17.1 Å². The van der Waals surface area contributed by atoms with Gasteiger partial charge in [0.25, 0.3) is 10.0 Å². The summed E-state index contributed by atoms with van der Waals surface area (Å²) in [7, 11) is -4.08. The Morgan fingerprint density at radius 2 is 1.63 bits per heavy atom. The molecule has 3 rings (SSSR count). The standard InChI is InChI=1S/C25H25BrN2O6S/c1-3-33-22-12-10-21(11-13-22)28(35(31,32)23-14-8-19(26)9-15-23)17-24(29)27-20-7-5-6-18(16-20)25(30)34-4-2/h5-16H,3-4,17H2,1-2H3,(H,27,29). The first-order valence-electron chi connectivity index (χ1n) is 10.8. The van der Waals surface area contributed by atoms with Gasteiger partial charge < -0.3 is 14.8 Å². The number of hydrogen-bond donors (Lipinski definition) is 1. The number of anilines is 2. The average molecular weight is 561 g/mol. The monoisotopic (exact) mass is 560 g/mol. The van der Waals surface area contributed by atoms with Gasteiger partial charge in [0.15, 0.2) is 0 Å². The molecule has 3 aromatic carbocycles. The Morgan fingerprint density at radius 3 is 2.26 bits per heavy atom. The molecule has 0 bridgehead atoms. The zero-order valence-corrected chi connectivity index (χ0v) is 21.6. The molecule has 0 saturated heterocycles. The van der Waals surface area contributed by atoms with Crippen LogP contribution in [-0.4, -0.2) is 40.1 Å². The van der Waals surface area contributed by atoms with E-state index in [0.717, 1.165) is 8.78 Å². The van der Waals surface area contributed by atoms with Gasteiger partial charge in [0.1, 0.15) is 12.3 Å². The van der Waals surface area contributed by atoms with Crippen LogP contribution in [0.3, 0.4) is 0 Å². The second-order valence-electron chi connectivity index (χ2n) is 7.24. The number of ether oxygens (including phenoxy) is 2. The highest BCUT2D eigenvalue weighted by molar-refractivity contribution is 9.10. The maximum Gasteiger partial charge on any atom is 0.338 e. The zero-order valence-electron chi connectivity index (χ0n) is 19.2. The third-order valence-corrected chi connectivity index (χ3v) is 7.10. The number of rotatable bonds is 10. The van der Waals surface area contributed by atoms with Gasteiger partial charge in [0, 0.05) is 10.2 Å². The molecule has 0 aromatic heterocycles. The van der Waals surface area contributed by atoms with E-state index in [4.69, 9.17) is 9.47 Å². The van der Waals surface area contributed by atoms with Crippen molar-refractivity contribution in [3.05, 3.63) is 82.8 Å². The summed E-state index contributed by atoms with van der Waals surface area (Å²) in [4.78, 5) is 25.0. The third kappa shape index (κ3) is 6.83. The van der Waals surface area contributed by atoms with Crippen molar-refractivity contribution < 1.29 is 27.5 Å². The molecule has 0 aliphatic rings. The van der Waals surface area contributed by atoms with E-state index < -0.39 is 28.4 Å². The largest absolute Gasteiger partial charge is 0.494 e. The Balaban J connectivity index is 1.89. The Bertz CT molecular complexity index is 1280. The van der Waals surface area contributed by atoms with Crippen molar-refractivity contribution in [3.63, 3.8) is 0 Å². The van der Waals surface area contributed by atoms with Crippen molar-refractivity contribution in [2.45, 2.75) is 18.7 Å². The van der Waals surface area contributed by atoms with Crippen LogP contribution in [0, 0.1) is 0 Å². The molecule has 0 atom stereocenters. The molecule has 0 aliphatic heterocycles. The molecular weight excluding hydrogens is 536 g/mol. The number of carbonyl (C=O) groups excluding carboxylic acids is 2. The zero-order chi connectivity index (χ0) is 25.4. The van der Waals surface area contributed by atoms with Gasteiger partial charge in [-0.25, -0.2) is 13.2 Å². The molecule has 1 N–H and O–H groups in total. The van der Waals surface area contributed by atoms with Gasteiger partial charge in [0.2, 0.25) is 5.91 Å². The smallest absolute Gasteiger partial charge is 0.338 e. The Kier molecular flexibility index (Phi) is 8.89. The predicted molar refractivity (Wildman–Crippen MR) is 137 cm³/mol. The molecule has 184 valence electrons. The van der Waals surface area contributed by atoms with E-state index in [1.54, 1.807) is 61.5 Å². The molecule has 10 heteroatoms.